The molecule has 6 heteroatoms. The molecule has 1 saturated heterocycles. The van der Waals surface area contributed by atoms with Crippen molar-refractivity contribution in [3.63, 3.8) is 0 Å². The number of hydrogen-bond donors (Lipinski definition) is 1. The quantitative estimate of drug-likeness (QED) is 0.665. The first kappa shape index (κ1) is 13.3. The van der Waals surface area contributed by atoms with Gasteiger partial charge >= 0.3 is 0 Å². The fourth-order valence-corrected chi connectivity index (χ4v) is 2.49. The Morgan fingerprint density at radius 2 is 2.21 bits per heavy atom. The number of anilines is 1. The third-order valence-electron chi connectivity index (χ3n) is 3.25. The van der Waals surface area contributed by atoms with Crippen LogP contribution in [0.2, 0.25) is 0 Å². The minimum atomic E-state index is -0.364. The smallest absolute Gasteiger partial charge is 0.292 e. The van der Waals surface area contributed by atoms with Gasteiger partial charge in [0.25, 0.3) is 5.69 Å². The van der Waals surface area contributed by atoms with E-state index in [9.17, 15) is 14.9 Å². The number of rotatable bonds is 3. The maximum absolute atomic E-state index is 11.1. The van der Waals surface area contributed by atoms with Crippen LogP contribution in [0.25, 0.3) is 0 Å². The van der Waals surface area contributed by atoms with Crippen LogP contribution < -0.4 is 10.2 Å². The van der Waals surface area contributed by atoms with Gasteiger partial charge in [-0.15, -0.1) is 0 Å². The van der Waals surface area contributed by atoms with Crippen molar-refractivity contribution >= 4 is 17.3 Å². The highest BCUT2D eigenvalue weighted by Gasteiger charge is 2.25. The van der Waals surface area contributed by atoms with Crippen LogP contribution in [0.4, 0.5) is 11.4 Å². The van der Waals surface area contributed by atoms with Crippen molar-refractivity contribution in [3.05, 3.63) is 34.4 Å². The van der Waals surface area contributed by atoms with E-state index in [-0.39, 0.29) is 22.6 Å². The molecular weight excluding hydrogens is 246 g/mol. The van der Waals surface area contributed by atoms with Crippen molar-refractivity contribution in [3.8, 4) is 0 Å². The molecule has 19 heavy (non-hydrogen) atoms. The number of nitro groups is 1. The Bertz CT molecular complexity index is 490. The average Bonchev–Trinajstić information content (AvgIpc) is 2.38. The monoisotopic (exact) mass is 263 g/mol. The van der Waals surface area contributed by atoms with E-state index in [1.165, 1.54) is 13.0 Å². The van der Waals surface area contributed by atoms with Gasteiger partial charge in [0.05, 0.1) is 4.92 Å². The van der Waals surface area contributed by atoms with Crippen LogP contribution in [-0.2, 0) is 4.79 Å². The largest absolute Gasteiger partial charge is 0.364 e. The topological polar surface area (TPSA) is 75.5 Å². The second-order valence-electron chi connectivity index (χ2n) is 4.73. The zero-order valence-electron chi connectivity index (χ0n) is 10.8. The third-order valence-corrected chi connectivity index (χ3v) is 3.25. The van der Waals surface area contributed by atoms with Crippen LogP contribution in [0.3, 0.4) is 0 Å². The predicted molar refractivity (Wildman–Crippen MR) is 72.1 cm³/mol. The van der Waals surface area contributed by atoms with Gasteiger partial charge in [-0.2, -0.15) is 0 Å². The number of carbonyl (C=O) groups is 1. The molecule has 102 valence electrons. The van der Waals surface area contributed by atoms with Gasteiger partial charge in [-0.3, -0.25) is 14.9 Å². The summed E-state index contributed by atoms with van der Waals surface area (Å²) in [4.78, 5) is 23.7. The minimum Gasteiger partial charge on any atom is -0.364 e. The van der Waals surface area contributed by atoms with Gasteiger partial charge in [0.15, 0.2) is 0 Å². The second kappa shape index (κ2) is 5.69. The van der Waals surface area contributed by atoms with Crippen molar-refractivity contribution in [2.45, 2.75) is 25.8 Å². The molecule has 1 fully saturated rings. The number of amides is 1. The van der Waals surface area contributed by atoms with E-state index in [0.29, 0.717) is 12.2 Å². The summed E-state index contributed by atoms with van der Waals surface area (Å²) in [5, 5.41) is 13.9. The highest BCUT2D eigenvalue weighted by atomic mass is 16.6. The number of nitrogens with one attached hydrogen (secondary N) is 1. The van der Waals surface area contributed by atoms with E-state index < -0.39 is 0 Å². The number of nitrogens with zero attached hydrogens (tertiary/aromatic N) is 2. The second-order valence-corrected chi connectivity index (χ2v) is 4.73. The van der Waals surface area contributed by atoms with E-state index in [1.54, 1.807) is 18.2 Å². The predicted octanol–water partition coefficient (Wildman–Crippen LogP) is 1.70. The van der Waals surface area contributed by atoms with E-state index in [2.05, 4.69) is 5.32 Å². The van der Waals surface area contributed by atoms with E-state index in [4.69, 9.17) is 0 Å². The summed E-state index contributed by atoms with van der Waals surface area (Å²) in [7, 11) is 0. The third kappa shape index (κ3) is 3.21. The molecule has 0 saturated carbocycles. The van der Waals surface area contributed by atoms with Crippen LogP contribution in [0.5, 0.6) is 0 Å². The molecular formula is C13H17N3O3. The fraction of sp³-hybridized carbons (Fsp3) is 0.462. The summed E-state index contributed by atoms with van der Waals surface area (Å²) in [6.45, 7) is 2.88. The number of para-hydroxylation sites is 2. The summed E-state index contributed by atoms with van der Waals surface area (Å²) in [6.07, 6.45) is 1.83. The van der Waals surface area contributed by atoms with Gasteiger partial charge in [-0.25, -0.2) is 0 Å². The summed E-state index contributed by atoms with van der Waals surface area (Å²) < 4.78 is 0. The van der Waals surface area contributed by atoms with Crippen molar-refractivity contribution in [2.24, 2.45) is 0 Å². The van der Waals surface area contributed by atoms with Crippen molar-refractivity contribution in [1.82, 2.24) is 5.32 Å². The first-order valence-electron chi connectivity index (χ1n) is 6.33. The Morgan fingerprint density at radius 1 is 1.47 bits per heavy atom. The molecule has 1 aliphatic heterocycles. The Balaban J connectivity index is 2.17. The van der Waals surface area contributed by atoms with E-state index in [1.807, 2.05) is 4.90 Å². The number of hydrogen-bond acceptors (Lipinski definition) is 4. The normalized spacial score (nSPS) is 19.0. The SMILES string of the molecule is CC(=O)NC1CCCN(c2ccccc2[N+](=O)[O-])C1. The maximum atomic E-state index is 11.1. The van der Waals surface area contributed by atoms with Crippen LogP contribution in [0.1, 0.15) is 19.8 Å². The Labute approximate surface area is 111 Å². The van der Waals surface area contributed by atoms with Gasteiger partial charge in [-0.05, 0) is 18.9 Å². The lowest BCUT2D eigenvalue weighted by molar-refractivity contribution is -0.384. The van der Waals surface area contributed by atoms with Gasteiger partial charge in [0, 0.05) is 32.1 Å². The average molecular weight is 263 g/mol. The Hall–Kier alpha value is -2.11. The Morgan fingerprint density at radius 3 is 2.89 bits per heavy atom. The van der Waals surface area contributed by atoms with Crippen molar-refractivity contribution < 1.29 is 9.72 Å². The molecule has 1 atom stereocenters. The number of carbonyl (C=O) groups excluding carboxylic acids is 1. The van der Waals surface area contributed by atoms with Crippen LogP contribution in [0, 0.1) is 10.1 Å². The summed E-state index contributed by atoms with van der Waals surface area (Å²) in [5.41, 5.74) is 0.744. The highest BCUT2D eigenvalue weighted by molar-refractivity contribution is 5.73. The van der Waals surface area contributed by atoms with Crippen LogP contribution >= 0.6 is 0 Å². The standard InChI is InChI=1S/C13H17N3O3/c1-10(17)14-11-5-4-8-15(9-11)12-6-2-3-7-13(12)16(18)19/h2-3,6-7,11H,4-5,8-9H2,1H3,(H,14,17). The zero-order chi connectivity index (χ0) is 13.8. The lowest BCUT2D eigenvalue weighted by Gasteiger charge is -2.34. The first-order chi connectivity index (χ1) is 9.08. The molecule has 1 aromatic rings. The molecule has 0 aliphatic carbocycles. The molecule has 0 spiro atoms. The molecule has 6 nitrogen and oxygen atoms in total. The number of benzene rings is 1. The molecule has 1 heterocycles. The molecule has 1 amide bonds. The lowest BCUT2D eigenvalue weighted by atomic mass is 10.0. The fourth-order valence-electron chi connectivity index (χ4n) is 2.49. The summed E-state index contributed by atoms with van der Waals surface area (Å²) >= 11 is 0. The van der Waals surface area contributed by atoms with Crippen LogP contribution in [-0.4, -0.2) is 30.0 Å². The number of piperidine rings is 1. The van der Waals surface area contributed by atoms with E-state index >= 15 is 0 Å². The first-order valence-corrected chi connectivity index (χ1v) is 6.33. The molecule has 2 rings (SSSR count). The van der Waals surface area contributed by atoms with Gasteiger partial charge in [0.2, 0.25) is 5.91 Å². The molecule has 1 N–H and O–H groups in total. The van der Waals surface area contributed by atoms with Crippen molar-refractivity contribution in [2.75, 3.05) is 18.0 Å². The van der Waals surface area contributed by atoms with Gasteiger partial charge in [-0.1, -0.05) is 12.1 Å². The van der Waals surface area contributed by atoms with E-state index in [0.717, 1.165) is 19.4 Å². The Kier molecular flexibility index (Phi) is 3.99. The van der Waals surface area contributed by atoms with Crippen molar-refractivity contribution in [1.29, 1.82) is 0 Å². The van der Waals surface area contributed by atoms with Gasteiger partial charge < -0.3 is 10.2 Å². The summed E-state index contributed by atoms with van der Waals surface area (Å²) in [5.74, 6) is -0.0607. The maximum Gasteiger partial charge on any atom is 0.292 e. The molecule has 0 bridgehead atoms. The molecule has 1 aliphatic rings. The molecule has 0 aromatic heterocycles. The number of nitro benzene ring substituents is 1. The summed E-state index contributed by atoms with van der Waals surface area (Å²) in [6, 6.07) is 6.79. The van der Waals surface area contributed by atoms with Crippen LogP contribution in [0.15, 0.2) is 24.3 Å². The zero-order valence-corrected chi connectivity index (χ0v) is 10.8. The molecule has 1 aromatic carbocycles. The lowest BCUT2D eigenvalue weighted by Crippen LogP contribution is -2.47. The van der Waals surface area contributed by atoms with Gasteiger partial charge in [0.1, 0.15) is 5.69 Å². The minimum absolute atomic E-state index is 0.0607. The molecule has 1 unspecified atom stereocenters. The molecule has 0 radical (unpaired) electrons. The highest BCUT2D eigenvalue weighted by Crippen LogP contribution is 2.29.